The van der Waals surface area contributed by atoms with Gasteiger partial charge in [0.15, 0.2) is 0 Å². The molecule has 0 radical (unpaired) electrons. The van der Waals surface area contributed by atoms with Crippen molar-refractivity contribution >= 4 is 5.91 Å². The Morgan fingerprint density at radius 3 is 2.74 bits per heavy atom. The normalized spacial score (nSPS) is 32.4. The Kier molecular flexibility index (Phi) is 6.27. The Morgan fingerprint density at radius 2 is 2.13 bits per heavy atom. The lowest BCUT2D eigenvalue weighted by Crippen LogP contribution is -2.62. The largest absolute Gasteiger partial charge is 0.401 e. The molecule has 0 spiro atoms. The Morgan fingerprint density at radius 1 is 1.39 bits per heavy atom. The number of rotatable bonds is 6. The van der Waals surface area contributed by atoms with E-state index in [9.17, 15) is 18.0 Å². The van der Waals surface area contributed by atoms with E-state index >= 15 is 0 Å². The molecule has 23 heavy (non-hydrogen) atoms. The van der Waals surface area contributed by atoms with Crippen molar-refractivity contribution in [3.05, 3.63) is 0 Å². The van der Waals surface area contributed by atoms with Gasteiger partial charge < -0.3 is 14.8 Å². The van der Waals surface area contributed by atoms with Gasteiger partial charge in [-0.3, -0.25) is 9.69 Å². The van der Waals surface area contributed by atoms with Crippen LogP contribution in [-0.4, -0.2) is 68.6 Å². The van der Waals surface area contributed by atoms with Crippen LogP contribution >= 0.6 is 0 Å². The number of nitrogens with one attached hydrogen (secondary N) is 1. The zero-order valence-corrected chi connectivity index (χ0v) is 13.6. The van der Waals surface area contributed by atoms with Gasteiger partial charge in [0.05, 0.1) is 24.6 Å². The first kappa shape index (κ1) is 18.5. The summed E-state index contributed by atoms with van der Waals surface area (Å²) in [5.74, 6) is -0.575. The number of carbonyl (C=O) groups excluding carboxylic acids is 1. The van der Waals surface area contributed by atoms with Gasteiger partial charge in [-0.1, -0.05) is 0 Å². The highest BCUT2D eigenvalue weighted by atomic mass is 19.4. The van der Waals surface area contributed by atoms with Gasteiger partial charge in [0.2, 0.25) is 5.91 Å². The van der Waals surface area contributed by atoms with E-state index in [0.29, 0.717) is 32.4 Å². The second-order valence-corrected chi connectivity index (χ2v) is 6.23. The average molecular weight is 338 g/mol. The monoisotopic (exact) mass is 338 g/mol. The van der Waals surface area contributed by atoms with Crippen LogP contribution in [0.2, 0.25) is 0 Å². The van der Waals surface area contributed by atoms with Gasteiger partial charge in [0, 0.05) is 20.3 Å². The summed E-state index contributed by atoms with van der Waals surface area (Å²) in [7, 11) is 1.57. The summed E-state index contributed by atoms with van der Waals surface area (Å²) in [5, 5.41) is 2.91. The number of hydrogen-bond donors (Lipinski definition) is 1. The number of alkyl halides is 3. The number of amides is 1. The summed E-state index contributed by atoms with van der Waals surface area (Å²) in [6.45, 7) is 2.08. The molecule has 2 rings (SSSR count). The summed E-state index contributed by atoms with van der Waals surface area (Å²) >= 11 is 0. The quantitative estimate of drug-likeness (QED) is 0.799. The molecule has 0 aromatic rings. The molecule has 1 saturated heterocycles. The van der Waals surface area contributed by atoms with Crippen LogP contribution in [0.4, 0.5) is 13.2 Å². The van der Waals surface area contributed by atoms with Crippen molar-refractivity contribution in [1.29, 1.82) is 0 Å². The van der Waals surface area contributed by atoms with E-state index in [1.54, 1.807) is 7.11 Å². The summed E-state index contributed by atoms with van der Waals surface area (Å²) in [6.07, 6.45) is -2.53. The van der Waals surface area contributed by atoms with Gasteiger partial charge >= 0.3 is 6.18 Å². The standard InChI is InChI=1S/C15H25F3N2O3/c1-3-23-12-7-11(13(12)22-2)19-14(21)10-5-4-6-20(8-10)9-15(16,17)18/h10-13H,3-9H2,1-2H3,(H,19,21)/t10-,11+,12-,13+/m1/s1. The third kappa shape index (κ3) is 5.06. The highest BCUT2D eigenvalue weighted by molar-refractivity contribution is 5.79. The lowest BCUT2D eigenvalue weighted by molar-refractivity contribution is -0.155. The zero-order chi connectivity index (χ0) is 17.0. The van der Waals surface area contributed by atoms with Crippen LogP contribution in [0.15, 0.2) is 0 Å². The third-order valence-corrected chi connectivity index (χ3v) is 4.51. The number of methoxy groups -OCH3 is 1. The summed E-state index contributed by atoms with van der Waals surface area (Å²) < 4.78 is 48.3. The summed E-state index contributed by atoms with van der Waals surface area (Å²) in [4.78, 5) is 13.6. The minimum atomic E-state index is -4.22. The highest BCUT2D eigenvalue weighted by Gasteiger charge is 2.44. The lowest BCUT2D eigenvalue weighted by Gasteiger charge is -2.44. The number of piperidine rings is 1. The summed E-state index contributed by atoms with van der Waals surface area (Å²) in [5.41, 5.74) is 0. The molecule has 1 aliphatic heterocycles. The molecule has 1 heterocycles. The molecule has 0 aromatic carbocycles. The van der Waals surface area contributed by atoms with Crippen molar-refractivity contribution in [1.82, 2.24) is 10.2 Å². The number of halogens is 3. The van der Waals surface area contributed by atoms with Crippen LogP contribution in [-0.2, 0) is 14.3 Å². The lowest BCUT2D eigenvalue weighted by atomic mass is 9.84. The first-order valence-corrected chi connectivity index (χ1v) is 8.08. The number of carbonyl (C=O) groups is 1. The number of ether oxygens (including phenoxy) is 2. The summed E-state index contributed by atoms with van der Waals surface area (Å²) in [6, 6.07) is -0.123. The van der Waals surface area contributed by atoms with Crippen LogP contribution in [0.25, 0.3) is 0 Å². The van der Waals surface area contributed by atoms with Crippen molar-refractivity contribution in [3.63, 3.8) is 0 Å². The number of nitrogens with zero attached hydrogens (tertiary/aromatic N) is 1. The molecule has 2 aliphatic rings. The SMILES string of the molecule is CCO[C@@H]1C[C@H](NC(=O)[C@@H]2CCCN(CC(F)(F)F)C2)[C@@H]1OC. The second kappa shape index (κ2) is 7.81. The van der Waals surface area contributed by atoms with E-state index in [0.717, 1.165) is 0 Å². The van der Waals surface area contributed by atoms with E-state index in [4.69, 9.17) is 9.47 Å². The molecule has 1 aliphatic carbocycles. The second-order valence-electron chi connectivity index (χ2n) is 6.23. The van der Waals surface area contributed by atoms with E-state index in [-0.39, 0.29) is 30.7 Å². The number of hydrogen-bond acceptors (Lipinski definition) is 4. The van der Waals surface area contributed by atoms with Crippen molar-refractivity contribution in [2.24, 2.45) is 5.92 Å². The van der Waals surface area contributed by atoms with Crippen LogP contribution in [0.1, 0.15) is 26.2 Å². The molecule has 8 heteroatoms. The first-order valence-electron chi connectivity index (χ1n) is 8.08. The minimum Gasteiger partial charge on any atom is -0.377 e. The van der Waals surface area contributed by atoms with Gasteiger partial charge in [-0.2, -0.15) is 13.2 Å². The maximum atomic E-state index is 12.5. The maximum absolute atomic E-state index is 12.5. The predicted molar refractivity (Wildman–Crippen MR) is 78.0 cm³/mol. The maximum Gasteiger partial charge on any atom is 0.401 e. The molecule has 134 valence electrons. The van der Waals surface area contributed by atoms with Crippen molar-refractivity contribution in [3.8, 4) is 0 Å². The van der Waals surface area contributed by atoms with Crippen LogP contribution in [0, 0.1) is 5.92 Å². The Bertz CT molecular complexity index is 406. The van der Waals surface area contributed by atoms with Crippen molar-refractivity contribution in [2.75, 3.05) is 33.4 Å². The molecule has 5 nitrogen and oxygen atoms in total. The minimum absolute atomic E-state index is 0.0246. The van der Waals surface area contributed by atoms with E-state index in [1.165, 1.54) is 4.90 Å². The van der Waals surface area contributed by atoms with Gasteiger partial charge in [0.1, 0.15) is 6.10 Å². The first-order chi connectivity index (χ1) is 10.8. The van der Waals surface area contributed by atoms with Crippen LogP contribution in [0.5, 0.6) is 0 Å². The zero-order valence-electron chi connectivity index (χ0n) is 13.6. The Balaban J connectivity index is 1.81. The topological polar surface area (TPSA) is 50.8 Å². The van der Waals surface area contributed by atoms with Gasteiger partial charge in [-0.15, -0.1) is 0 Å². The third-order valence-electron chi connectivity index (χ3n) is 4.51. The van der Waals surface area contributed by atoms with E-state index in [2.05, 4.69) is 5.32 Å². The van der Waals surface area contributed by atoms with Crippen LogP contribution < -0.4 is 5.32 Å². The molecule has 0 bridgehead atoms. The predicted octanol–water partition coefficient (Wildman–Crippen LogP) is 1.57. The fraction of sp³-hybridized carbons (Fsp3) is 0.933. The molecule has 4 atom stereocenters. The van der Waals surface area contributed by atoms with E-state index in [1.807, 2.05) is 6.92 Å². The molecule has 1 amide bonds. The molecule has 1 N–H and O–H groups in total. The van der Waals surface area contributed by atoms with Crippen molar-refractivity contribution < 1.29 is 27.4 Å². The molecule has 2 fully saturated rings. The molecule has 0 unspecified atom stereocenters. The fourth-order valence-electron chi connectivity index (χ4n) is 3.38. The Labute approximate surface area is 134 Å². The average Bonchev–Trinajstić information content (AvgIpc) is 2.44. The smallest absolute Gasteiger partial charge is 0.377 e. The molecular weight excluding hydrogens is 313 g/mol. The van der Waals surface area contributed by atoms with Crippen molar-refractivity contribution in [2.45, 2.75) is 50.6 Å². The van der Waals surface area contributed by atoms with Gasteiger partial charge in [0.25, 0.3) is 0 Å². The molecular formula is C15H25F3N2O3. The van der Waals surface area contributed by atoms with E-state index < -0.39 is 18.6 Å². The van der Waals surface area contributed by atoms with Gasteiger partial charge in [-0.25, -0.2) is 0 Å². The molecule has 0 aromatic heterocycles. The highest BCUT2D eigenvalue weighted by Crippen LogP contribution is 2.28. The Hall–Kier alpha value is -0.860. The number of likely N-dealkylation sites (tertiary alicyclic amines) is 1. The van der Waals surface area contributed by atoms with Crippen LogP contribution in [0.3, 0.4) is 0 Å². The molecule has 1 saturated carbocycles. The fourth-order valence-corrected chi connectivity index (χ4v) is 3.38. The van der Waals surface area contributed by atoms with Gasteiger partial charge in [-0.05, 0) is 32.7 Å².